The summed E-state index contributed by atoms with van der Waals surface area (Å²) < 4.78 is 0. The van der Waals surface area contributed by atoms with Crippen LogP contribution in [0.3, 0.4) is 0 Å². The summed E-state index contributed by atoms with van der Waals surface area (Å²) in [5, 5.41) is 0. The molecule has 20 heavy (non-hydrogen) atoms. The van der Waals surface area contributed by atoms with Gasteiger partial charge < -0.3 is 4.90 Å². The van der Waals surface area contributed by atoms with Crippen molar-refractivity contribution in [2.24, 2.45) is 0 Å². The van der Waals surface area contributed by atoms with Crippen molar-refractivity contribution in [3.05, 3.63) is 29.8 Å². The zero-order chi connectivity index (χ0) is 14.9. The maximum atomic E-state index is 12.8. The molecule has 2 heterocycles. The third-order valence-electron chi connectivity index (χ3n) is 4.64. The Morgan fingerprint density at radius 1 is 1.15 bits per heavy atom. The SMILES string of the molecule is CN1C(=O)[C@@H]2N(C(=O)[C@@]1(C)S)c1ccccc1C2(C)C. The number of hydrogen-bond donors (Lipinski definition) is 1. The van der Waals surface area contributed by atoms with E-state index in [2.05, 4.69) is 12.6 Å². The lowest BCUT2D eigenvalue weighted by Crippen LogP contribution is -2.69. The molecule has 0 radical (unpaired) electrons. The Kier molecular flexibility index (Phi) is 2.55. The van der Waals surface area contributed by atoms with Crippen LogP contribution in [0, 0.1) is 0 Å². The first kappa shape index (κ1) is 13.5. The third kappa shape index (κ3) is 1.39. The van der Waals surface area contributed by atoms with Crippen LogP contribution in [-0.2, 0) is 15.0 Å². The lowest BCUT2D eigenvalue weighted by Gasteiger charge is -2.47. The molecule has 0 spiro atoms. The van der Waals surface area contributed by atoms with Crippen molar-refractivity contribution in [2.75, 3.05) is 11.9 Å². The predicted molar refractivity (Wildman–Crippen MR) is 80.9 cm³/mol. The van der Waals surface area contributed by atoms with Gasteiger partial charge in [0.05, 0.1) is 0 Å². The summed E-state index contributed by atoms with van der Waals surface area (Å²) in [6, 6.07) is 7.24. The zero-order valence-electron chi connectivity index (χ0n) is 12.0. The van der Waals surface area contributed by atoms with Crippen molar-refractivity contribution in [1.29, 1.82) is 0 Å². The van der Waals surface area contributed by atoms with Gasteiger partial charge in [0, 0.05) is 18.2 Å². The van der Waals surface area contributed by atoms with E-state index in [-0.39, 0.29) is 11.8 Å². The number of nitrogens with zero attached hydrogens (tertiary/aromatic N) is 2. The Labute approximate surface area is 124 Å². The molecule has 1 aromatic carbocycles. The average molecular weight is 290 g/mol. The van der Waals surface area contributed by atoms with E-state index in [1.54, 1.807) is 18.9 Å². The molecule has 4 nitrogen and oxygen atoms in total. The molecule has 2 aliphatic rings. The minimum atomic E-state index is -1.11. The second-order valence-electron chi connectivity index (χ2n) is 6.23. The van der Waals surface area contributed by atoms with Crippen LogP contribution in [0.15, 0.2) is 24.3 Å². The van der Waals surface area contributed by atoms with Crippen molar-refractivity contribution in [2.45, 2.75) is 37.1 Å². The highest BCUT2D eigenvalue weighted by Gasteiger charge is 2.59. The van der Waals surface area contributed by atoms with Gasteiger partial charge in [0.15, 0.2) is 4.87 Å². The Morgan fingerprint density at radius 2 is 1.75 bits per heavy atom. The van der Waals surface area contributed by atoms with Crippen LogP contribution >= 0.6 is 12.6 Å². The number of thiol groups is 1. The second-order valence-corrected chi connectivity index (χ2v) is 7.11. The molecule has 3 rings (SSSR count). The molecule has 1 aromatic rings. The largest absolute Gasteiger partial charge is 0.321 e. The van der Waals surface area contributed by atoms with Crippen LogP contribution in [0.4, 0.5) is 5.69 Å². The molecule has 0 bridgehead atoms. The summed E-state index contributed by atoms with van der Waals surface area (Å²) in [5.41, 5.74) is 1.46. The highest BCUT2D eigenvalue weighted by atomic mass is 32.1. The molecule has 5 heteroatoms. The van der Waals surface area contributed by atoms with Crippen LogP contribution in [0.5, 0.6) is 0 Å². The van der Waals surface area contributed by atoms with E-state index in [0.29, 0.717) is 0 Å². The van der Waals surface area contributed by atoms with Gasteiger partial charge in [-0.25, -0.2) is 0 Å². The molecule has 1 saturated heterocycles. The molecule has 1 fully saturated rings. The van der Waals surface area contributed by atoms with E-state index in [1.807, 2.05) is 38.1 Å². The molecule has 0 N–H and O–H groups in total. The van der Waals surface area contributed by atoms with Crippen LogP contribution in [-0.4, -0.2) is 34.7 Å². The van der Waals surface area contributed by atoms with Crippen LogP contribution < -0.4 is 4.90 Å². The molecule has 2 aliphatic heterocycles. The first-order valence-electron chi connectivity index (χ1n) is 6.64. The monoisotopic (exact) mass is 290 g/mol. The number of para-hydroxylation sites is 1. The van der Waals surface area contributed by atoms with Gasteiger partial charge in [-0.3, -0.25) is 14.5 Å². The molecule has 0 aromatic heterocycles. The Hall–Kier alpha value is -1.49. The fourth-order valence-electron chi connectivity index (χ4n) is 3.25. The minimum Gasteiger partial charge on any atom is -0.321 e. The number of rotatable bonds is 0. The summed E-state index contributed by atoms with van der Waals surface area (Å²) >= 11 is 4.41. The van der Waals surface area contributed by atoms with Crippen LogP contribution in [0.1, 0.15) is 26.3 Å². The van der Waals surface area contributed by atoms with Crippen LogP contribution in [0.25, 0.3) is 0 Å². The summed E-state index contributed by atoms with van der Waals surface area (Å²) in [6.07, 6.45) is 0. The predicted octanol–water partition coefficient (Wildman–Crippen LogP) is 1.80. The van der Waals surface area contributed by atoms with Crippen molar-refractivity contribution >= 4 is 30.1 Å². The zero-order valence-corrected chi connectivity index (χ0v) is 12.9. The summed E-state index contributed by atoms with van der Waals surface area (Å²) in [7, 11) is 1.64. The van der Waals surface area contributed by atoms with E-state index in [4.69, 9.17) is 0 Å². The smallest absolute Gasteiger partial charge is 0.263 e. The van der Waals surface area contributed by atoms with Crippen molar-refractivity contribution in [1.82, 2.24) is 4.90 Å². The van der Waals surface area contributed by atoms with Gasteiger partial charge in [-0.2, -0.15) is 0 Å². The average Bonchev–Trinajstić information content (AvgIpc) is 2.63. The number of hydrogen-bond acceptors (Lipinski definition) is 3. The maximum absolute atomic E-state index is 12.8. The number of fused-ring (bicyclic) bond motifs is 3. The molecule has 2 atom stereocenters. The second kappa shape index (κ2) is 3.79. The molecule has 0 unspecified atom stereocenters. The molecule has 0 aliphatic carbocycles. The van der Waals surface area contributed by atoms with Gasteiger partial charge in [0.1, 0.15) is 6.04 Å². The number of likely N-dealkylation sites (N-methyl/N-ethyl adjacent to an activating group) is 1. The van der Waals surface area contributed by atoms with Gasteiger partial charge >= 0.3 is 0 Å². The van der Waals surface area contributed by atoms with E-state index in [1.165, 1.54) is 4.90 Å². The van der Waals surface area contributed by atoms with E-state index < -0.39 is 16.3 Å². The third-order valence-corrected chi connectivity index (χ3v) is 5.13. The molecular formula is C15H18N2O2S. The fraction of sp³-hybridized carbons (Fsp3) is 0.467. The summed E-state index contributed by atoms with van der Waals surface area (Å²) in [6.45, 7) is 5.69. The minimum absolute atomic E-state index is 0.0664. The van der Waals surface area contributed by atoms with Crippen LogP contribution in [0.2, 0.25) is 0 Å². The Balaban J connectivity index is 2.25. The summed E-state index contributed by atoms with van der Waals surface area (Å²) in [4.78, 5) is 27.5. The van der Waals surface area contributed by atoms with E-state index in [9.17, 15) is 9.59 Å². The molecular weight excluding hydrogens is 272 g/mol. The maximum Gasteiger partial charge on any atom is 0.263 e. The number of carbonyl (C=O) groups is 2. The molecule has 106 valence electrons. The summed E-state index contributed by atoms with van der Waals surface area (Å²) in [5.74, 6) is -0.214. The van der Waals surface area contributed by atoms with Gasteiger partial charge in [-0.1, -0.05) is 32.0 Å². The van der Waals surface area contributed by atoms with E-state index >= 15 is 0 Å². The normalized spacial score (nSPS) is 31.4. The van der Waals surface area contributed by atoms with Gasteiger partial charge in [0.2, 0.25) is 5.91 Å². The number of piperazine rings is 1. The number of amides is 2. The van der Waals surface area contributed by atoms with Crippen molar-refractivity contribution in [3.8, 4) is 0 Å². The fourth-order valence-corrected chi connectivity index (χ4v) is 3.46. The number of benzene rings is 1. The Morgan fingerprint density at radius 3 is 2.40 bits per heavy atom. The Bertz CT molecular complexity index is 624. The molecule has 0 saturated carbocycles. The van der Waals surface area contributed by atoms with Gasteiger partial charge in [-0.15, -0.1) is 12.6 Å². The first-order chi connectivity index (χ1) is 9.20. The first-order valence-corrected chi connectivity index (χ1v) is 7.08. The number of carbonyl (C=O) groups excluding carboxylic acids is 2. The van der Waals surface area contributed by atoms with Crippen molar-refractivity contribution in [3.63, 3.8) is 0 Å². The quantitative estimate of drug-likeness (QED) is 0.740. The topological polar surface area (TPSA) is 40.6 Å². The standard InChI is InChI=1S/C15H18N2O2S/c1-14(2)9-7-5-6-8-10(9)17-11(14)12(18)16(4)15(3,20)13(17)19/h5-8,11,20H,1-4H3/t11-,15+/m0/s1. The van der Waals surface area contributed by atoms with Gasteiger partial charge in [-0.05, 0) is 18.6 Å². The highest BCUT2D eigenvalue weighted by molar-refractivity contribution is 7.82. The number of anilines is 1. The lowest BCUT2D eigenvalue weighted by atomic mass is 9.79. The van der Waals surface area contributed by atoms with Crippen molar-refractivity contribution < 1.29 is 9.59 Å². The highest BCUT2D eigenvalue weighted by Crippen LogP contribution is 2.49. The van der Waals surface area contributed by atoms with E-state index in [0.717, 1.165) is 11.3 Å². The molecule has 2 amide bonds. The van der Waals surface area contributed by atoms with Gasteiger partial charge in [0.25, 0.3) is 5.91 Å². The lowest BCUT2D eigenvalue weighted by molar-refractivity contribution is -0.146.